The summed E-state index contributed by atoms with van der Waals surface area (Å²) in [5.41, 5.74) is 1.42. The van der Waals surface area contributed by atoms with Crippen LogP contribution in [0.3, 0.4) is 0 Å². The van der Waals surface area contributed by atoms with Crippen molar-refractivity contribution in [3.63, 3.8) is 0 Å². The zero-order valence-corrected chi connectivity index (χ0v) is 10.9. The van der Waals surface area contributed by atoms with Crippen LogP contribution in [0.25, 0.3) is 0 Å². The number of amides is 2. The smallest absolute Gasteiger partial charge is 0.229 e. The van der Waals surface area contributed by atoms with E-state index in [1.165, 1.54) is 0 Å². The Bertz CT molecular complexity index is 476. The first kappa shape index (κ1) is 12.0. The van der Waals surface area contributed by atoms with E-state index >= 15 is 0 Å². The predicted molar refractivity (Wildman–Crippen MR) is 66.4 cm³/mol. The lowest BCUT2D eigenvalue weighted by Gasteiger charge is -2.10. The van der Waals surface area contributed by atoms with Crippen LogP contribution in [0, 0.1) is 12.8 Å². The number of nitrogens with zero attached hydrogens (tertiary/aromatic N) is 1. The fourth-order valence-corrected chi connectivity index (χ4v) is 2.09. The van der Waals surface area contributed by atoms with Crippen LogP contribution in [-0.4, -0.2) is 23.3 Å². The molecule has 1 aromatic heterocycles. The Morgan fingerprint density at radius 1 is 1.59 bits per heavy atom. The number of carbonyl (C=O) groups is 2. The van der Waals surface area contributed by atoms with Gasteiger partial charge in [0.05, 0.1) is 17.3 Å². The Labute approximate surface area is 107 Å². The Balaban J connectivity index is 2.05. The van der Waals surface area contributed by atoms with Gasteiger partial charge in [-0.2, -0.15) is 0 Å². The van der Waals surface area contributed by atoms with Crippen molar-refractivity contribution in [2.45, 2.75) is 13.3 Å². The summed E-state index contributed by atoms with van der Waals surface area (Å²) in [7, 11) is 0. The van der Waals surface area contributed by atoms with E-state index in [2.05, 4.69) is 31.5 Å². The van der Waals surface area contributed by atoms with Crippen LogP contribution < -0.4 is 10.6 Å². The molecule has 0 radical (unpaired) electrons. The molecule has 90 valence electrons. The number of carbonyl (C=O) groups excluding carboxylic acids is 2. The molecule has 0 spiro atoms. The molecule has 0 saturated carbocycles. The first-order valence-electron chi connectivity index (χ1n) is 5.27. The standard InChI is InChI=1S/C11H12BrN3O2/c1-6-8(2-3-9(12)14-6)15-11(17)7-4-10(16)13-5-7/h2-3,7H,4-5H2,1H3,(H,13,16)(H,15,17). The van der Waals surface area contributed by atoms with Crippen molar-refractivity contribution in [1.82, 2.24) is 10.3 Å². The minimum atomic E-state index is -0.287. The summed E-state index contributed by atoms with van der Waals surface area (Å²) in [6.45, 7) is 2.23. The Hall–Kier alpha value is -1.43. The lowest BCUT2D eigenvalue weighted by molar-refractivity contribution is -0.123. The predicted octanol–water partition coefficient (Wildman–Crippen LogP) is 1.23. The largest absolute Gasteiger partial charge is 0.355 e. The molecule has 2 heterocycles. The van der Waals surface area contributed by atoms with Gasteiger partial charge in [-0.3, -0.25) is 9.59 Å². The van der Waals surface area contributed by atoms with E-state index < -0.39 is 0 Å². The number of aromatic nitrogens is 1. The molecule has 1 aromatic rings. The van der Waals surface area contributed by atoms with Gasteiger partial charge in [0.1, 0.15) is 4.60 Å². The number of anilines is 1. The summed E-state index contributed by atoms with van der Waals surface area (Å²) in [4.78, 5) is 27.1. The SMILES string of the molecule is Cc1nc(Br)ccc1NC(=O)C1CNC(=O)C1. The third kappa shape index (κ3) is 2.82. The highest BCUT2D eigenvalue weighted by Gasteiger charge is 2.28. The van der Waals surface area contributed by atoms with Crippen molar-refractivity contribution in [2.24, 2.45) is 5.92 Å². The molecule has 6 heteroatoms. The molecule has 0 aliphatic carbocycles. The average molecular weight is 298 g/mol. The van der Waals surface area contributed by atoms with Crippen LogP contribution in [0.5, 0.6) is 0 Å². The van der Waals surface area contributed by atoms with E-state index in [1.807, 2.05) is 6.92 Å². The summed E-state index contributed by atoms with van der Waals surface area (Å²) >= 11 is 3.26. The molecule has 0 bridgehead atoms. The summed E-state index contributed by atoms with van der Waals surface area (Å²) in [6.07, 6.45) is 0.259. The van der Waals surface area contributed by atoms with Gasteiger partial charge in [0.25, 0.3) is 0 Å². The normalized spacial score (nSPS) is 18.9. The van der Waals surface area contributed by atoms with Crippen molar-refractivity contribution < 1.29 is 9.59 Å². The second-order valence-corrected chi connectivity index (χ2v) is 4.77. The fraction of sp³-hybridized carbons (Fsp3) is 0.364. The van der Waals surface area contributed by atoms with Crippen LogP contribution in [0.4, 0.5) is 5.69 Å². The molecule has 1 atom stereocenters. The lowest BCUT2D eigenvalue weighted by atomic mass is 10.1. The minimum absolute atomic E-state index is 0.0733. The van der Waals surface area contributed by atoms with Crippen molar-refractivity contribution in [1.29, 1.82) is 0 Å². The van der Waals surface area contributed by atoms with Gasteiger partial charge in [-0.05, 0) is 35.0 Å². The third-order valence-electron chi connectivity index (χ3n) is 2.66. The van der Waals surface area contributed by atoms with Gasteiger partial charge in [0, 0.05) is 13.0 Å². The molecule has 1 aliphatic rings. The van der Waals surface area contributed by atoms with Crippen LogP contribution in [0.15, 0.2) is 16.7 Å². The summed E-state index contributed by atoms with van der Waals surface area (Å²) in [5, 5.41) is 5.42. The molecular weight excluding hydrogens is 286 g/mol. The van der Waals surface area contributed by atoms with E-state index in [4.69, 9.17) is 0 Å². The molecule has 2 rings (SSSR count). The van der Waals surface area contributed by atoms with Gasteiger partial charge >= 0.3 is 0 Å². The van der Waals surface area contributed by atoms with E-state index in [1.54, 1.807) is 12.1 Å². The molecular formula is C11H12BrN3O2. The van der Waals surface area contributed by atoms with Gasteiger partial charge < -0.3 is 10.6 Å². The lowest BCUT2D eigenvalue weighted by Crippen LogP contribution is -2.25. The first-order chi connectivity index (χ1) is 8.06. The van der Waals surface area contributed by atoms with Gasteiger partial charge in [0.15, 0.2) is 0 Å². The van der Waals surface area contributed by atoms with E-state index in [9.17, 15) is 9.59 Å². The molecule has 1 aliphatic heterocycles. The van der Waals surface area contributed by atoms with Crippen molar-refractivity contribution in [2.75, 3.05) is 11.9 Å². The molecule has 5 nitrogen and oxygen atoms in total. The van der Waals surface area contributed by atoms with Gasteiger partial charge in [-0.15, -0.1) is 0 Å². The highest BCUT2D eigenvalue weighted by molar-refractivity contribution is 9.10. The number of rotatable bonds is 2. The summed E-state index contributed by atoms with van der Waals surface area (Å²) < 4.78 is 0.728. The zero-order chi connectivity index (χ0) is 12.4. The number of aryl methyl sites for hydroxylation is 1. The van der Waals surface area contributed by atoms with E-state index in [-0.39, 0.29) is 24.2 Å². The summed E-state index contributed by atoms with van der Waals surface area (Å²) in [5.74, 6) is -0.503. The molecule has 2 amide bonds. The second-order valence-electron chi connectivity index (χ2n) is 3.96. The maximum Gasteiger partial charge on any atom is 0.229 e. The second kappa shape index (κ2) is 4.83. The van der Waals surface area contributed by atoms with Crippen LogP contribution in [-0.2, 0) is 9.59 Å². The molecule has 0 aromatic carbocycles. The quantitative estimate of drug-likeness (QED) is 0.807. The van der Waals surface area contributed by atoms with E-state index in [0.717, 1.165) is 10.3 Å². The number of nitrogens with one attached hydrogen (secondary N) is 2. The Morgan fingerprint density at radius 3 is 2.94 bits per heavy atom. The molecule has 1 saturated heterocycles. The number of hydrogen-bond acceptors (Lipinski definition) is 3. The number of pyridine rings is 1. The third-order valence-corrected chi connectivity index (χ3v) is 3.10. The molecule has 1 unspecified atom stereocenters. The highest BCUT2D eigenvalue weighted by Crippen LogP contribution is 2.18. The monoisotopic (exact) mass is 297 g/mol. The number of halogens is 1. The summed E-state index contributed by atoms with van der Waals surface area (Å²) in [6, 6.07) is 3.55. The first-order valence-corrected chi connectivity index (χ1v) is 6.06. The van der Waals surface area contributed by atoms with Gasteiger partial charge in [0.2, 0.25) is 11.8 Å². The highest BCUT2D eigenvalue weighted by atomic mass is 79.9. The molecule has 1 fully saturated rings. The van der Waals surface area contributed by atoms with Gasteiger partial charge in [-0.1, -0.05) is 0 Å². The number of hydrogen-bond donors (Lipinski definition) is 2. The van der Waals surface area contributed by atoms with E-state index in [0.29, 0.717) is 12.2 Å². The fourth-order valence-electron chi connectivity index (χ4n) is 1.69. The maximum atomic E-state index is 11.9. The van der Waals surface area contributed by atoms with Crippen LogP contribution in [0.2, 0.25) is 0 Å². The van der Waals surface area contributed by atoms with Gasteiger partial charge in [-0.25, -0.2) is 4.98 Å². The molecule has 2 N–H and O–H groups in total. The Morgan fingerprint density at radius 2 is 2.35 bits per heavy atom. The van der Waals surface area contributed by atoms with Crippen molar-refractivity contribution >= 4 is 33.4 Å². The maximum absolute atomic E-state index is 11.9. The molecule has 17 heavy (non-hydrogen) atoms. The van der Waals surface area contributed by atoms with Crippen molar-refractivity contribution in [3.8, 4) is 0 Å². The zero-order valence-electron chi connectivity index (χ0n) is 9.29. The topological polar surface area (TPSA) is 71.1 Å². The van der Waals surface area contributed by atoms with Crippen LogP contribution in [0.1, 0.15) is 12.1 Å². The average Bonchev–Trinajstić information content (AvgIpc) is 2.69. The van der Waals surface area contributed by atoms with Crippen LogP contribution >= 0.6 is 15.9 Å². The van der Waals surface area contributed by atoms with Crippen molar-refractivity contribution in [3.05, 3.63) is 22.4 Å². The minimum Gasteiger partial charge on any atom is -0.355 e. The Kier molecular flexibility index (Phi) is 3.42.